The third-order valence-electron chi connectivity index (χ3n) is 2.46. The highest BCUT2D eigenvalue weighted by Crippen LogP contribution is 2.16. The smallest absolute Gasteiger partial charge is 0.122 e. The second-order valence-electron chi connectivity index (χ2n) is 3.82. The number of rotatable bonds is 6. The summed E-state index contributed by atoms with van der Waals surface area (Å²) in [6, 6.07) is 14.6. The van der Waals surface area contributed by atoms with E-state index in [1.807, 2.05) is 36.4 Å². The molecule has 0 amide bonds. The van der Waals surface area contributed by atoms with E-state index in [0.717, 1.165) is 17.2 Å². The lowest BCUT2D eigenvalue weighted by atomic mass is 10.3. The van der Waals surface area contributed by atoms with Crippen molar-refractivity contribution in [3.8, 4) is 11.5 Å². The van der Waals surface area contributed by atoms with Gasteiger partial charge in [-0.05, 0) is 48.5 Å². The van der Waals surface area contributed by atoms with Crippen molar-refractivity contribution in [2.45, 2.75) is 0 Å². The molecule has 0 saturated heterocycles. The molecule has 0 radical (unpaired) electrons. The van der Waals surface area contributed by atoms with E-state index in [9.17, 15) is 0 Å². The van der Waals surface area contributed by atoms with Crippen molar-refractivity contribution in [1.29, 1.82) is 0 Å². The van der Waals surface area contributed by atoms with Crippen LogP contribution in [0.3, 0.4) is 0 Å². The topological polar surface area (TPSA) is 56.5 Å². The zero-order valence-electron chi connectivity index (χ0n) is 10.7. The third kappa shape index (κ3) is 5.17. The van der Waals surface area contributed by atoms with Crippen molar-refractivity contribution in [2.24, 2.45) is 5.84 Å². The van der Waals surface area contributed by atoms with Crippen molar-refractivity contribution in [3.05, 3.63) is 53.6 Å². The molecule has 0 aliphatic carbocycles. The van der Waals surface area contributed by atoms with Gasteiger partial charge in [-0.1, -0.05) is 11.6 Å². The van der Waals surface area contributed by atoms with Gasteiger partial charge in [-0.25, -0.2) is 0 Å². The Labute approximate surface area is 129 Å². The molecule has 0 spiro atoms. The number of ether oxygens (including phenoxy) is 2. The molecule has 6 heteroatoms. The number of nitrogens with one attached hydrogen (secondary N) is 1. The van der Waals surface area contributed by atoms with E-state index in [-0.39, 0.29) is 12.4 Å². The molecule has 2 aromatic carbocycles. The van der Waals surface area contributed by atoms with Crippen LogP contribution in [0.4, 0.5) is 5.69 Å². The van der Waals surface area contributed by atoms with Gasteiger partial charge in [-0.2, -0.15) is 0 Å². The second-order valence-corrected chi connectivity index (χ2v) is 4.26. The maximum atomic E-state index is 5.78. The summed E-state index contributed by atoms with van der Waals surface area (Å²) in [6.07, 6.45) is 0. The van der Waals surface area contributed by atoms with Crippen LogP contribution in [0.5, 0.6) is 11.5 Å². The first-order valence-corrected chi connectivity index (χ1v) is 6.23. The maximum absolute atomic E-state index is 5.78. The van der Waals surface area contributed by atoms with Gasteiger partial charge in [-0.3, -0.25) is 5.84 Å². The van der Waals surface area contributed by atoms with Gasteiger partial charge in [0.15, 0.2) is 0 Å². The van der Waals surface area contributed by atoms with Crippen LogP contribution < -0.4 is 20.7 Å². The highest BCUT2D eigenvalue weighted by atomic mass is 35.5. The molecule has 2 aromatic rings. The molecule has 0 unspecified atom stereocenters. The van der Waals surface area contributed by atoms with Crippen LogP contribution in [-0.4, -0.2) is 13.2 Å². The second kappa shape index (κ2) is 8.53. The first-order chi connectivity index (χ1) is 9.28. The SMILES string of the molecule is Cl.NNc1ccc(OCCOc2ccc(Cl)cc2)cc1. The molecular weight excluding hydrogens is 299 g/mol. The maximum Gasteiger partial charge on any atom is 0.122 e. The number of nitrogens with two attached hydrogens (primary N) is 1. The van der Waals surface area contributed by atoms with Crippen molar-refractivity contribution in [2.75, 3.05) is 18.6 Å². The highest BCUT2D eigenvalue weighted by molar-refractivity contribution is 6.30. The Morgan fingerprint density at radius 2 is 1.30 bits per heavy atom. The lowest BCUT2D eigenvalue weighted by Gasteiger charge is -2.09. The third-order valence-corrected chi connectivity index (χ3v) is 2.71. The molecule has 2 rings (SSSR count). The molecule has 0 saturated carbocycles. The highest BCUT2D eigenvalue weighted by Gasteiger charge is 1.96. The predicted octanol–water partition coefficient (Wildman–Crippen LogP) is 3.51. The van der Waals surface area contributed by atoms with E-state index in [4.69, 9.17) is 26.9 Å². The summed E-state index contributed by atoms with van der Waals surface area (Å²) in [4.78, 5) is 0. The zero-order chi connectivity index (χ0) is 13.5. The molecule has 20 heavy (non-hydrogen) atoms. The van der Waals surface area contributed by atoms with Gasteiger partial charge in [-0.15, -0.1) is 12.4 Å². The summed E-state index contributed by atoms with van der Waals surface area (Å²) >= 11 is 5.78. The Morgan fingerprint density at radius 1 is 0.850 bits per heavy atom. The number of halogens is 2. The minimum Gasteiger partial charge on any atom is -0.490 e. The fourth-order valence-electron chi connectivity index (χ4n) is 1.50. The van der Waals surface area contributed by atoms with Crippen LogP contribution in [0.2, 0.25) is 5.02 Å². The van der Waals surface area contributed by atoms with Crippen molar-refractivity contribution >= 4 is 29.7 Å². The van der Waals surface area contributed by atoms with Crippen LogP contribution >= 0.6 is 24.0 Å². The van der Waals surface area contributed by atoms with E-state index in [2.05, 4.69) is 5.43 Å². The lowest BCUT2D eigenvalue weighted by Crippen LogP contribution is -2.09. The van der Waals surface area contributed by atoms with Gasteiger partial charge < -0.3 is 14.9 Å². The van der Waals surface area contributed by atoms with Crippen LogP contribution in [0, 0.1) is 0 Å². The van der Waals surface area contributed by atoms with E-state index < -0.39 is 0 Å². The van der Waals surface area contributed by atoms with Crippen LogP contribution in [-0.2, 0) is 0 Å². The molecule has 0 heterocycles. The molecule has 0 aliphatic rings. The zero-order valence-corrected chi connectivity index (χ0v) is 12.3. The quantitative estimate of drug-likeness (QED) is 0.487. The minimum atomic E-state index is 0. The Bertz CT molecular complexity index is 504. The van der Waals surface area contributed by atoms with Crippen LogP contribution in [0.25, 0.3) is 0 Å². The Hall–Kier alpha value is -1.62. The van der Waals surface area contributed by atoms with E-state index >= 15 is 0 Å². The largest absolute Gasteiger partial charge is 0.490 e. The first kappa shape index (κ1) is 16.4. The fourth-order valence-corrected chi connectivity index (χ4v) is 1.62. The number of nitrogen functional groups attached to an aromatic ring is 1. The monoisotopic (exact) mass is 314 g/mol. The minimum absolute atomic E-state index is 0. The summed E-state index contributed by atoms with van der Waals surface area (Å²) in [5.74, 6) is 6.83. The molecule has 3 N–H and O–H groups in total. The number of hydrazine groups is 1. The van der Waals surface area contributed by atoms with Gasteiger partial charge >= 0.3 is 0 Å². The molecule has 0 fully saturated rings. The molecule has 0 bridgehead atoms. The molecule has 0 aromatic heterocycles. The number of benzene rings is 2. The average molecular weight is 315 g/mol. The van der Waals surface area contributed by atoms with Gasteiger partial charge in [0.2, 0.25) is 0 Å². The number of hydrogen-bond acceptors (Lipinski definition) is 4. The Kier molecular flexibility index (Phi) is 7.01. The van der Waals surface area contributed by atoms with Crippen molar-refractivity contribution in [3.63, 3.8) is 0 Å². The van der Waals surface area contributed by atoms with E-state index in [0.29, 0.717) is 18.2 Å². The molecule has 108 valence electrons. The van der Waals surface area contributed by atoms with Gasteiger partial charge in [0, 0.05) is 10.7 Å². The summed E-state index contributed by atoms with van der Waals surface area (Å²) in [5, 5.41) is 0.692. The van der Waals surface area contributed by atoms with Crippen molar-refractivity contribution < 1.29 is 9.47 Å². The number of hydrogen-bond donors (Lipinski definition) is 2. The summed E-state index contributed by atoms with van der Waals surface area (Å²) in [6.45, 7) is 0.941. The average Bonchev–Trinajstić information content (AvgIpc) is 2.46. The lowest BCUT2D eigenvalue weighted by molar-refractivity contribution is 0.217. The molecular formula is C14H16Cl2N2O2. The predicted molar refractivity (Wildman–Crippen MR) is 83.9 cm³/mol. The van der Waals surface area contributed by atoms with E-state index in [1.54, 1.807) is 12.1 Å². The summed E-state index contributed by atoms with van der Waals surface area (Å²) in [7, 11) is 0. The summed E-state index contributed by atoms with van der Waals surface area (Å²) < 4.78 is 11.0. The molecule has 0 atom stereocenters. The van der Waals surface area contributed by atoms with Gasteiger partial charge in [0.05, 0.1) is 0 Å². The van der Waals surface area contributed by atoms with E-state index in [1.165, 1.54) is 0 Å². The standard InChI is InChI=1S/C14H15ClN2O2.ClH/c15-11-1-5-13(6-2-11)18-9-10-19-14-7-3-12(17-16)4-8-14;/h1-8,17H,9-10,16H2;1H. The molecule has 4 nitrogen and oxygen atoms in total. The Morgan fingerprint density at radius 3 is 1.75 bits per heavy atom. The van der Waals surface area contributed by atoms with Crippen LogP contribution in [0.15, 0.2) is 48.5 Å². The summed E-state index contributed by atoms with van der Waals surface area (Å²) in [5.41, 5.74) is 3.39. The van der Waals surface area contributed by atoms with Gasteiger partial charge in [0.25, 0.3) is 0 Å². The van der Waals surface area contributed by atoms with Crippen molar-refractivity contribution in [1.82, 2.24) is 0 Å². The first-order valence-electron chi connectivity index (χ1n) is 5.86. The van der Waals surface area contributed by atoms with Crippen LogP contribution in [0.1, 0.15) is 0 Å². The van der Waals surface area contributed by atoms with Gasteiger partial charge in [0.1, 0.15) is 24.7 Å². The molecule has 0 aliphatic heterocycles. The fraction of sp³-hybridized carbons (Fsp3) is 0.143. The Balaban J connectivity index is 0.00000200. The normalized spacial score (nSPS) is 9.50. The number of anilines is 1.